The highest BCUT2D eigenvalue weighted by Gasteiger charge is 2.27. The molecular formula is C15H26O. The molecule has 0 bridgehead atoms. The summed E-state index contributed by atoms with van der Waals surface area (Å²) in [6, 6.07) is 0. The van der Waals surface area contributed by atoms with Gasteiger partial charge in [-0.2, -0.15) is 0 Å². The molecule has 2 aliphatic carbocycles. The van der Waals surface area contributed by atoms with Gasteiger partial charge in [-0.3, -0.25) is 0 Å². The standard InChI is InChI=1S/C15H26O/c1-2-3-12-4-6-13(7-5-12)14-8-10-15(16)11-9-14/h8,10,12-16H,2-7,9,11H2,1H3/t12?,13?,14-,15-/m0/s1. The van der Waals surface area contributed by atoms with Gasteiger partial charge in [-0.15, -0.1) is 0 Å². The first-order valence-corrected chi connectivity index (χ1v) is 7.16. The Labute approximate surface area is 99.9 Å². The van der Waals surface area contributed by atoms with E-state index in [-0.39, 0.29) is 6.10 Å². The van der Waals surface area contributed by atoms with Crippen molar-refractivity contribution in [2.75, 3.05) is 0 Å². The van der Waals surface area contributed by atoms with Gasteiger partial charge in [0.2, 0.25) is 0 Å². The predicted molar refractivity (Wildman–Crippen MR) is 68.2 cm³/mol. The van der Waals surface area contributed by atoms with Gasteiger partial charge >= 0.3 is 0 Å². The van der Waals surface area contributed by atoms with E-state index in [1.54, 1.807) is 0 Å². The predicted octanol–water partition coefficient (Wildman–Crippen LogP) is 3.92. The monoisotopic (exact) mass is 222 g/mol. The maximum Gasteiger partial charge on any atom is 0.0721 e. The van der Waals surface area contributed by atoms with Crippen LogP contribution in [0.5, 0.6) is 0 Å². The summed E-state index contributed by atoms with van der Waals surface area (Å²) in [5.74, 6) is 2.70. The van der Waals surface area contributed by atoms with Crippen LogP contribution in [0, 0.1) is 17.8 Å². The van der Waals surface area contributed by atoms with Crippen molar-refractivity contribution in [3.8, 4) is 0 Å². The minimum absolute atomic E-state index is 0.160. The third-order valence-corrected chi connectivity index (χ3v) is 4.57. The van der Waals surface area contributed by atoms with Crippen molar-refractivity contribution in [2.45, 2.75) is 64.4 Å². The zero-order valence-electron chi connectivity index (χ0n) is 10.6. The second-order valence-corrected chi connectivity index (χ2v) is 5.76. The molecule has 0 aromatic heterocycles. The van der Waals surface area contributed by atoms with E-state index < -0.39 is 0 Å². The number of aliphatic hydroxyl groups excluding tert-OH is 1. The van der Waals surface area contributed by atoms with E-state index in [4.69, 9.17) is 0 Å². The summed E-state index contributed by atoms with van der Waals surface area (Å²) in [5.41, 5.74) is 0. The molecular weight excluding hydrogens is 196 g/mol. The molecule has 2 aliphatic rings. The highest BCUT2D eigenvalue weighted by Crippen LogP contribution is 2.38. The average molecular weight is 222 g/mol. The van der Waals surface area contributed by atoms with Crippen LogP contribution in [0.4, 0.5) is 0 Å². The fourth-order valence-corrected chi connectivity index (χ4v) is 3.53. The van der Waals surface area contributed by atoms with Crippen molar-refractivity contribution in [1.82, 2.24) is 0 Å². The molecule has 92 valence electrons. The van der Waals surface area contributed by atoms with Crippen LogP contribution in [0.1, 0.15) is 58.3 Å². The summed E-state index contributed by atoms with van der Waals surface area (Å²) >= 11 is 0. The number of rotatable bonds is 3. The first kappa shape index (κ1) is 12.2. The molecule has 0 saturated heterocycles. The van der Waals surface area contributed by atoms with Crippen molar-refractivity contribution in [1.29, 1.82) is 0 Å². The van der Waals surface area contributed by atoms with E-state index in [0.717, 1.165) is 24.2 Å². The lowest BCUT2D eigenvalue weighted by atomic mass is 9.72. The molecule has 1 nitrogen and oxygen atoms in total. The van der Waals surface area contributed by atoms with Crippen molar-refractivity contribution < 1.29 is 5.11 Å². The largest absolute Gasteiger partial charge is 0.389 e. The van der Waals surface area contributed by atoms with Crippen LogP contribution in [0.25, 0.3) is 0 Å². The Bertz CT molecular complexity index is 226. The molecule has 0 aromatic rings. The van der Waals surface area contributed by atoms with Gasteiger partial charge in [0.1, 0.15) is 0 Å². The fourth-order valence-electron chi connectivity index (χ4n) is 3.53. The Morgan fingerprint density at radius 2 is 1.75 bits per heavy atom. The van der Waals surface area contributed by atoms with Gasteiger partial charge in [-0.05, 0) is 43.4 Å². The van der Waals surface area contributed by atoms with Gasteiger partial charge in [0.15, 0.2) is 0 Å². The molecule has 16 heavy (non-hydrogen) atoms. The van der Waals surface area contributed by atoms with Crippen LogP contribution in [-0.4, -0.2) is 11.2 Å². The summed E-state index contributed by atoms with van der Waals surface area (Å²) in [7, 11) is 0. The summed E-state index contributed by atoms with van der Waals surface area (Å²) in [4.78, 5) is 0. The Balaban J connectivity index is 1.78. The Kier molecular flexibility index (Phi) is 4.45. The molecule has 0 spiro atoms. The third-order valence-electron chi connectivity index (χ3n) is 4.57. The quantitative estimate of drug-likeness (QED) is 0.718. The van der Waals surface area contributed by atoms with E-state index in [1.807, 2.05) is 6.08 Å². The van der Waals surface area contributed by atoms with E-state index in [0.29, 0.717) is 0 Å². The lowest BCUT2D eigenvalue weighted by Gasteiger charge is -2.34. The molecule has 1 heteroatoms. The maximum atomic E-state index is 9.45. The van der Waals surface area contributed by atoms with Crippen LogP contribution < -0.4 is 0 Å². The minimum Gasteiger partial charge on any atom is -0.389 e. The first-order valence-electron chi connectivity index (χ1n) is 7.16. The summed E-state index contributed by atoms with van der Waals surface area (Å²) in [5, 5.41) is 9.45. The van der Waals surface area contributed by atoms with Crippen LogP contribution in [0.2, 0.25) is 0 Å². The summed E-state index contributed by atoms with van der Waals surface area (Å²) < 4.78 is 0. The molecule has 2 atom stereocenters. The molecule has 0 amide bonds. The average Bonchev–Trinajstić information content (AvgIpc) is 2.32. The number of aliphatic hydroxyl groups is 1. The minimum atomic E-state index is -0.160. The summed E-state index contributed by atoms with van der Waals surface area (Å²) in [6.45, 7) is 2.30. The van der Waals surface area contributed by atoms with Crippen molar-refractivity contribution in [3.63, 3.8) is 0 Å². The van der Waals surface area contributed by atoms with Crippen molar-refractivity contribution in [2.24, 2.45) is 17.8 Å². The molecule has 0 aliphatic heterocycles. The van der Waals surface area contributed by atoms with Gasteiger partial charge in [-0.1, -0.05) is 44.8 Å². The molecule has 0 unspecified atom stereocenters. The second-order valence-electron chi connectivity index (χ2n) is 5.76. The number of hydrogen-bond donors (Lipinski definition) is 1. The van der Waals surface area contributed by atoms with Crippen LogP contribution in [0.3, 0.4) is 0 Å². The fraction of sp³-hybridized carbons (Fsp3) is 0.867. The summed E-state index contributed by atoms with van der Waals surface area (Å²) in [6.07, 6.45) is 14.9. The van der Waals surface area contributed by atoms with Gasteiger partial charge in [0, 0.05) is 0 Å². The van der Waals surface area contributed by atoms with E-state index in [2.05, 4.69) is 13.0 Å². The second kappa shape index (κ2) is 5.86. The Hall–Kier alpha value is -0.300. The van der Waals surface area contributed by atoms with Gasteiger partial charge < -0.3 is 5.11 Å². The Morgan fingerprint density at radius 1 is 1.00 bits per heavy atom. The smallest absolute Gasteiger partial charge is 0.0721 e. The molecule has 1 N–H and O–H groups in total. The highest BCUT2D eigenvalue weighted by atomic mass is 16.3. The molecule has 0 radical (unpaired) electrons. The zero-order chi connectivity index (χ0) is 11.4. The van der Waals surface area contributed by atoms with Gasteiger partial charge in [0.05, 0.1) is 6.10 Å². The van der Waals surface area contributed by atoms with E-state index in [1.165, 1.54) is 44.9 Å². The normalized spacial score (nSPS) is 39.9. The maximum absolute atomic E-state index is 9.45. The lowest BCUT2D eigenvalue weighted by Crippen LogP contribution is -2.24. The molecule has 0 heterocycles. The van der Waals surface area contributed by atoms with Crippen LogP contribution in [-0.2, 0) is 0 Å². The third kappa shape index (κ3) is 3.10. The molecule has 1 saturated carbocycles. The van der Waals surface area contributed by atoms with E-state index >= 15 is 0 Å². The van der Waals surface area contributed by atoms with Gasteiger partial charge in [0.25, 0.3) is 0 Å². The SMILES string of the molecule is CCCC1CCC([C@H]2C=C[C@H](O)CC2)CC1. The number of allylic oxidation sites excluding steroid dienone is 1. The van der Waals surface area contributed by atoms with Gasteiger partial charge in [-0.25, -0.2) is 0 Å². The zero-order valence-corrected chi connectivity index (χ0v) is 10.6. The molecule has 1 fully saturated rings. The van der Waals surface area contributed by atoms with Crippen molar-refractivity contribution in [3.05, 3.63) is 12.2 Å². The first-order chi connectivity index (χ1) is 7.79. The van der Waals surface area contributed by atoms with Crippen LogP contribution >= 0.6 is 0 Å². The number of hydrogen-bond acceptors (Lipinski definition) is 1. The van der Waals surface area contributed by atoms with E-state index in [9.17, 15) is 5.11 Å². The molecule has 2 rings (SSSR count). The lowest BCUT2D eigenvalue weighted by molar-refractivity contribution is 0.162. The van der Waals surface area contributed by atoms with Crippen LogP contribution in [0.15, 0.2) is 12.2 Å². The Morgan fingerprint density at radius 3 is 2.31 bits per heavy atom. The molecule has 0 aromatic carbocycles. The van der Waals surface area contributed by atoms with Crippen molar-refractivity contribution >= 4 is 0 Å². The highest BCUT2D eigenvalue weighted by molar-refractivity contribution is 5.01. The topological polar surface area (TPSA) is 20.2 Å².